The Bertz CT molecular complexity index is 500. The molecule has 96 valence electrons. The van der Waals surface area contributed by atoms with Crippen LogP contribution in [0.15, 0.2) is 18.2 Å². The average molecular weight is 271 g/mol. The number of hydrogen-bond acceptors (Lipinski definition) is 4. The van der Waals surface area contributed by atoms with Gasteiger partial charge in [0, 0.05) is 31.8 Å². The van der Waals surface area contributed by atoms with Crippen LogP contribution in [0, 0.1) is 16.0 Å². The van der Waals surface area contributed by atoms with E-state index in [1.54, 1.807) is 6.07 Å². The molecule has 0 radical (unpaired) electrons. The third-order valence-corrected chi connectivity index (χ3v) is 3.30. The molecule has 0 atom stereocenters. The molecule has 0 spiro atoms. The summed E-state index contributed by atoms with van der Waals surface area (Å²) in [6.07, 6.45) is 0. The molecule has 1 N–H and O–H groups in total. The minimum atomic E-state index is -0.791. The lowest BCUT2D eigenvalue weighted by atomic mass is 9.99. The molecule has 7 heteroatoms. The van der Waals surface area contributed by atoms with E-state index in [2.05, 4.69) is 0 Å². The highest BCUT2D eigenvalue weighted by Crippen LogP contribution is 2.26. The minimum absolute atomic E-state index is 0.0456. The summed E-state index contributed by atoms with van der Waals surface area (Å²) in [5, 5.41) is 19.6. The van der Waals surface area contributed by atoms with Crippen molar-refractivity contribution in [1.82, 2.24) is 4.90 Å². The van der Waals surface area contributed by atoms with E-state index in [0.717, 1.165) is 5.56 Å². The largest absolute Gasteiger partial charge is 0.481 e. The molecule has 1 heterocycles. The zero-order valence-electron chi connectivity index (χ0n) is 9.38. The van der Waals surface area contributed by atoms with Crippen LogP contribution in [-0.2, 0) is 11.3 Å². The lowest BCUT2D eigenvalue weighted by Gasteiger charge is -2.36. The molecule has 1 fully saturated rings. The number of benzene rings is 1. The second kappa shape index (κ2) is 4.91. The lowest BCUT2D eigenvalue weighted by Crippen LogP contribution is -2.49. The van der Waals surface area contributed by atoms with Gasteiger partial charge in [0.25, 0.3) is 5.69 Å². The molecule has 18 heavy (non-hydrogen) atoms. The van der Waals surface area contributed by atoms with Gasteiger partial charge in [0.05, 0.1) is 15.9 Å². The number of hydrogen-bond donors (Lipinski definition) is 1. The monoisotopic (exact) mass is 270 g/mol. The van der Waals surface area contributed by atoms with E-state index in [1.165, 1.54) is 12.1 Å². The zero-order chi connectivity index (χ0) is 13.3. The number of carboxylic acid groups (broad SMARTS) is 1. The summed E-state index contributed by atoms with van der Waals surface area (Å²) in [6.45, 7) is 1.49. The highest BCUT2D eigenvalue weighted by Gasteiger charge is 2.32. The molecule has 1 aliphatic rings. The molecule has 1 saturated heterocycles. The van der Waals surface area contributed by atoms with E-state index in [0.29, 0.717) is 24.7 Å². The Hall–Kier alpha value is -1.66. The fourth-order valence-corrected chi connectivity index (χ4v) is 2.11. The summed E-state index contributed by atoms with van der Waals surface area (Å²) in [7, 11) is 0. The molecule has 0 amide bonds. The van der Waals surface area contributed by atoms with Crippen molar-refractivity contribution in [1.29, 1.82) is 0 Å². The van der Waals surface area contributed by atoms with Crippen LogP contribution in [0.2, 0.25) is 5.02 Å². The Morgan fingerprint density at radius 1 is 1.56 bits per heavy atom. The van der Waals surface area contributed by atoms with Crippen molar-refractivity contribution in [2.75, 3.05) is 13.1 Å². The van der Waals surface area contributed by atoms with Gasteiger partial charge in [-0.25, -0.2) is 0 Å². The summed E-state index contributed by atoms with van der Waals surface area (Å²) in [6, 6.07) is 4.32. The van der Waals surface area contributed by atoms with Gasteiger partial charge in [-0.05, 0) is 11.6 Å². The highest BCUT2D eigenvalue weighted by atomic mass is 35.5. The summed E-state index contributed by atoms with van der Waals surface area (Å²) in [5.74, 6) is -1.11. The van der Waals surface area contributed by atoms with Crippen LogP contribution in [0.5, 0.6) is 0 Å². The zero-order valence-corrected chi connectivity index (χ0v) is 10.1. The second-order valence-electron chi connectivity index (χ2n) is 4.26. The Labute approximate surface area is 108 Å². The number of likely N-dealkylation sites (tertiary alicyclic amines) is 1. The van der Waals surface area contributed by atoms with Crippen LogP contribution < -0.4 is 0 Å². The Kier molecular flexibility index (Phi) is 3.49. The van der Waals surface area contributed by atoms with Gasteiger partial charge < -0.3 is 5.11 Å². The van der Waals surface area contributed by atoms with Crippen molar-refractivity contribution in [3.63, 3.8) is 0 Å². The molecular weight excluding hydrogens is 260 g/mol. The number of carbonyl (C=O) groups is 1. The normalized spacial score (nSPS) is 16.3. The lowest BCUT2D eigenvalue weighted by molar-refractivity contribution is -0.384. The number of carboxylic acids is 1. The fourth-order valence-electron chi connectivity index (χ4n) is 1.87. The van der Waals surface area contributed by atoms with E-state index in [4.69, 9.17) is 16.7 Å². The van der Waals surface area contributed by atoms with Gasteiger partial charge in [-0.15, -0.1) is 0 Å². The predicted octanol–water partition coefficient (Wildman–Crippen LogP) is 1.76. The number of halogens is 1. The van der Waals surface area contributed by atoms with Crippen LogP contribution in [0.3, 0.4) is 0 Å². The number of aliphatic carboxylic acids is 1. The van der Waals surface area contributed by atoms with E-state index < -0.39 is 10.9 Å². The number of rotatable bonds is 4. The Morgan fingerprint density at radius 2 is 2.22 bits per heavy atom. The van der Waals surface area contributed by atoms with Crippen LogP contribution in [0.25, 0.3) is 0 Å². The SMILES string of the molecule is O=C(O)C1CN(Cc2ccc([N+](=O)[O-])cc2Cl)C1. The summed E-state index contributed by atoms with van der Waals surface area (Å²) in [5.41, 5.74) is 0.724. The molecule has 2 rings (SSSR count). The quantitative estimate of drug-likeness (QED) is 0.666. The summed E-state index contributed by atoms with van der Waals surface area (Å²) >= 11 is 5.95. The van der Waals surface area contributed by atoms with Crippen molar-refractivity contribution >= 4 is 23.3 Å². The van der Waals surface area contributed by atoms with Crippen molar-refractivity contribution in [3.8, 4) is 0 Å². The molecule has 6 nitrogen and oxygen atoms in total. The van der Waals surface area contributed by atoms with Crippen molar-refractivity contribution < 1.29 is 14.8 Å². The number of nitrogens with zero attached hydrogens (tertiary/aromatic N) is 2. The van der Waals surface area contributed by atoms with E-state index >= 15 is 0 Å². The maximum absolute atomic E-state index is 10.6. The van der Waals surface area contributed by atoms with Crippen LogP contribution in [-0.4, -0.2) is 34.0 Å². The first-order valence-corrected chi connectivity index (χ1v) is 5.73. The summed E-state index contributed by atoms with van der Waals surface area (Å²) in [4.78, 5) is 22.6. The maximum atomic E-state index is 10.6. The van der Waals surface area contributed by atoms with Crippen LogP contribution >= 0.6 is 11.6 Å². The van der Waals surface area contributed by atoms with Gasteiger partial charge in [-0.2, -0.15) is 0 Å². The van der Waals surface area contributed by atoms with Gasteiger partial charge in [-0.1, -0.05) is 11.6 Å². The van der Waals surface area contributed by atoms with E-state index in [-0.39, 0.29) is 11.6 Å². The summed E-state index contributed by atoms with van der Waals surface area (Å²) < 4.78 is 0. The molecule has 0 saturated carbocycles. The minimum Gasteiger partial charge on any atom is -0.481 e. The molecule has 1 aliphatic heterocycles. The van der Waals surface area contributed by atoms with Gasteiger partial charge in [-0.3, -0.25) is 19.8 Å². The number of nitro groups is 1. The molecule has 0 aromatic heterocycles. The molecular formula is C11H11ClN2O4. The van der Waals surface area contributed by atoms with Crippen LogP contribution in [0.4, 0.5) is 5.69 Å². The standard InChI is InChI=1S/C11H11ClN2O4/c12-10-3-9(14(17)18)2-1-7(10)4-13-5-8(6-13)11(15)16/h1-3,8H,4-6H2,(H,15,16). The fraction of sp³-hybridized carbons (Fsp3) is 0.364. The third-order valence-electron chi connectivity index (χ3n) is 2.95. The highest BCUT2D eigenvalue weighted by molar-refractivity contribution is 6.31. The van der Waals surface area contributed by atoms with Gasteiger partial charge in [0.1, 0.15) is 0 Å². The first-order chi connectivity index (χ1) is 8.47. The van der Waals surface area contributed by atoms with Gasteiger partial charge in [0.2, 0.25) is 0 Å². The molecule has 0 unspecified atom stereocenters. The number of nitro benzene ring substituents is 1. The Morgan fingerprint density at radius 3 is 2.72 bits per heavy atom. The number of non-ortho nitro benzene ring substituents is 1. The molecule has 0 aliphatic carbocycles. The van der Waals surface area contributed by atoms with Crippen molar-refractivity contribution in [2.45, 2.75) is 6.54 Å². The van der Waals surface area contributed by atoms with E-state index in [9.17, 15) is 14.9 Å². The second-order valence-corrected chi connectivity index (χ2v) is 4.67. The topological polar surface area (TPSA) is 83.7 Å². The molecule has 1 aromatic rings. The van der Waals surface area contributed by atoms with Crippen molar-refractivity contribution in [2.24, 2.45) is 5.92 Å². The molecule has 0 bridgehead atoms. The third kappa shape index (κ3) is 2.60. The van der Waals surface area contributed by atoms with Crippen LogP contribution in [0.1, 0.15) is 5.56 Å². The first kappa shape index (κ1) is 12.8. The first-order valence-electron chi connectivity index (χ1n) is 5.35. The van der Waals surface area contributed by atoms with Crippen molar-refractivity contribution in [3.05, 3.63) is 38.9 Å². The predicted molar refractivity (Wildman–Crippen MR) is 64.5 cm³/mol. The maximum Gasteiger partial charge on any atom is 0.309 e. The van der Waals surface area contributed by atoms with E-state index in [1.807, 2.05) is 4.90 Å². The average Bonchev–Trinajstić information content (AvgIpc) is 2.23. The van der Waals surface area contributed by atoms with Gasteiger partial charge in [0.15, 0.2) is 0 Å². The molecule has 1 aromatic carbocycles. The Balaban J connectivity index is 1.99. The van der Waals surface area contributed by atoms with Gasteiger partial charge >= 0.3 is 5.97 Å². The smallest absolute Gasteiger partial charge is 0.309 e.